The fourth-order valence-electron chi connectivity index (χ4n) is 1.35. The Hall–Kier alpha value is -0.640. The lowest BCUT2D eigenvalue weighted by atomic mass is 9.98. The highest BCUT2D eigenvalue weighted by atomic mass is 127. The lowest BCUT2D eigenvalue weighted by Crippen LogP contribution is -2.05. The molecule has 1 rings (SSSR count). The molecule has 0 saturated heterocycles. The molecule has 1 aromatic carbocycles. The minimum absolute atomic E-state index is 0.0726. The van der Waals surface area contributed by atoms with Gasteiger partial charge in [-0.05, 0) is 47.1 Å². The predicted octanol–water partition coefficient (Wildman–Crippen LogP) is 3.22. The van der Waals surface area contributed by atoms with Crippen LogP contribution in [0.5, 0.6) is 0 Å². The summed E-state index contributed by atoms with van der Waals surface area (Å²) in [7, 11) is 0. The number of benzene rings is 1. The molecule has 0 N–H and O–H groups in total. The first-order chi connectivity index (χ1) is 6.77. The second-order valence-electron chi connectivity index (χ2n) is 3.22. The van der Waals surface area contributed by atoms with Crippen molar-refractivity contribution in [1.82, 2.24) is 0 Å². The number of aldehydes is 1. The van der Waals surface area contributed by atoms with Gasteiger partial charge in [0.1, 0.15) is 6.29 Å². The van der Waals surface area contributed by atoms with Gasteiger partial charge in [0.15, 0.2) is 0 Å². The van der Waals surface area contributed by atoms with E-state index in [4.69, 9.17) is 0 Å². The van der Waals surface area contributed by atoms with Crippen LogP contribution in [-0.2, 0) is 11.2 Å². The number of carbonyl (C=O) groups excluding carboxylic acids is 1. The van der Waals surface area contributed by atoms with Crippen LogP contribution in [0.25, 0.3) is 0 Å². The lowest BCUT2D eigenvalue weighted by molar-refractivity contribution is -0.111. The Morgan fingerprint density at radius 3 is 2.71 bits per heavy atom. The largest absolute Gasteiger partial charge is 0.303 e. The maximum Gasteiger partial charge on any atom is 0.123 e. The van der Waals surface area contributed by atoms with Gasteiger partial charge < -0.3 is 4.79 Å². The van der Waals surface area contributed by atoms with E-state index in [1.165, 1.54) is 9.13 Å². The molecule has 2 heteroatoms. The number of hydrogen-bond donors (Lipinski definition) is 0. The van der Waals surface area contributed by atoms with Crippen molar-refractivity contribution < 1.29 is 4.79 Å². The zero-order valence-corrected chi connectivity index (χ0v) is 10.1. The molecule has 0 aliphatic heterocycles. The van der Waals surface area contributed by atoms with Crippen LogP contribution in [0.4, 0.5) is 0 Å². The van der Waals surface area contributed by atoms with E-state index in [1.54, 1.807) is 6.08 Å². The van der Waals surface area contributed by atoms with Crippen LogP contribution in [0.15, 0.2) is 36.9 Å². The summed E-state index contributed by atoms with van der Waals surface area (Å²) in [6.07, 6.45) is 4.39. The molecule has 0 spiro atoms. The van der Waals surface area contributed by atoms with Gasteiger partial charge in [0.2, 0.25) is 0 Å². The minimum Gasteiger partial charge on any atom is -0.303 e. The molecule has 1 aromatic rings. The fraction of sp³-hybridized carbons (Fsp3) is 0.250. The molecule has 0 saturated carbocycles. The minimum atomic E-state index is 0.0726. The smallest absolute Gasteiger partial charge is 0.123 e. The molecule has 0 aliphatic rings. The van der Waals surface area contributed by atoms with Crippen LogP contribution in [0.1, 0.15) is 12.0 Å². The molecule has 0 amide bonds. The molecule has 0 heterocycles. The second kappa shape index (κ2) is 5.96. The van der Waals surface area contributed by atoms with Gasteiger partial charge in [0.25, 0.3) is 0 Å². The van der Waals surface area contributed by atoms with Gasteiger partial charge in [0.05, 0.1) is 0 Å². The van der Waals surface area contributed by atoms with Crippen molar-refractivity contribution in [2.45, 2.75) is 12.8 Å². The third-order valence-corrected chi connectivity index (χ3v) is 3.15. The summed E-state index contributed by atoms with van der Waals surface area (Å²) in [5.41, 5.74) is 1.24. The van der Waals surface area contributed by atoms with Gasteiger partial charge >= 0.3 is 0 Å². The molecule has 0 bridgehead atoms. The zero-order chi connectivity index (χ0) is 10.4. The molecule has 1 nitrogen and oxygen atoms in total. The van der Waals surface area contributed by atoms with Crippen molar-refractivity contribution >= 4 is 28.9 Å². The van der Waals surface area contributed by atoms with E-state index in [-0.39, 0.29) is 5.92 Å². The summed E-state index contributed by atoms with van der Waals surface area (Å²) in [6, 6.07) is 8.15. The third kappa shape index (κ3) is 3.25. The third-order valence-electron chi connectivity index (χ3n) is 2.10. The maximum atomic E-state index is 10.8. The Labute approximate surface area is 98.4 Å². The average molecular weight is 300 g/mol. The van der Waals surface area contributed by atoms with E-state index >= 15 is 0 Å². The van der Waals surface area contributed by atoms with Crippen LogP contribution in [0.3, 0.4) is 0 Å². The van der Waals surface area contributed by atoms with Crippen molar-refractivity contribution in [3.05, 3.63) is 46.1 Å². The normalized spacial score (nSPS) is 12.1. The standard InChI is InChI=1S/C12H13IO/c1-2-5-10(9-14)8-11-6-3-4-7-12(11)13/h2-4,6-7,9-10H,1,5,8H2. The van der Waals surface area contributed by atoms with Gasteiger partial charge in [-0.3, -0.25) is 0 Å². The molecular weight excluding hydrogens is 287 g/mol. The molecule has 0 radical (unpaired) electrons. The maximum absolute atomic E-state index is 10.8. The lowest BCUT2D eigenvalue weighted by Gasteiger charge is -2.08. The van der Waals surface area contributed by atoms with Crippen molar-refractivity contribution in [3.8, 4) is 0 Å². The highest BCUT2D eigenvalue weighted by molar-refractivity contribution is 14.1. The first-order valence-electron chi connectivity index (χ1n) is 4.57. The number of halogens is 1. The number of hydrogen-bond acceptors (Lipinski definition) is 1. The topological polar surface area (TPSA) is 17.1 Å². The van der Waals surface area contributed by atoms with Crippen molar-refractivity contribution in [2.75, 3.05) is 0 Å². The summed E-state index contributed by atoms with van der Waals surface area (Å²) < 4.78 is 1.22. The molecule has 74 valence electrons. The van der Waals surface area contributed by atoms with Crippen molar-refractivity contribution in [2.24, 2.45) is 5.92 Å². The Balaban J connectivity index is 2.71. The van der Waals surface area contributed by atoms with E-state index < -0.39 is 0 Å². The summed E-state index contributed by atoms with van der Waals surface area (Å²) >= 11 is 2.30. The highest BCUT2D eigenvalue weighted by Gasteiger charge is 2.08. The van der Waals surface area contributed by atoms with Crippen LogP contribution in [0.2, 0.25) is 0 Å². The van der Waals surface area contributed by atoms with Crippen molar-refractivity contribution in [1.29, 1.82) is 0 Å². The summed E-state index contributed by atoms with van der Waals surface area (Å²) in [4.78, 5) is 10.8. The molecule has 0 aromatic heterocycles. The van der Waals surface area contributed by atoms with E-state index in [9.17, 15) is 4.79 Å². The fourth-order valence-corrected chi connectivity index (χ4v) is 1.96. The van der Waals surface area contributed by atoms with Gasteiger partial charge in [-0.2, -0.15) is 0 Å². The Kier molecular flexibility index (Phi) is 4.87. The van der Waals surface area contributed by atoms with Gasteiger partial charge in [-0.1, -0.05) is 24.3 Å². The van der Waals surface area contributed by atoms with E-state index in [2.05, 4.69) is 41.3 Å². The van der Waals surface area contributed by atoms with E-state index in [0.717, 1.165) is 19.1 Å². The van der Waals surface area contributed by atoms with Crippen LogP contribution < -0.4 is 0 Å². The van der Waals surface area contributed by atoms with E-state index in [1.807, 2.05) is 12.1 Å². The number of carbonyl (C=O) groups is 1. The van der Waals surface area contributed by atoms with Gasteiger partial charge in [0, 0.05) is 9.49 Å². The number of rotatable bonds is 5. The summed E-state index contributed by atoms with van der Waals surface area (Å²) in [5, 5.41) is 0. The Bertz CT molecular complexity index is 320. The van der Waals surface area contributed by atoms with Crippen LogP contribution in [0, 0.1) is 9.49 Å². The molecule has 1 atom stereocenters. The summed E-state index contributed by atoms with van der Waals surface area (Å²) in [6.45, 7) is 3.65. The molecule has 0 aliphatic carbocycles. The molecular formula is C12H13IO. The summed E-state index contributed by atoms with van der Waals surface area (Å²) in [5.74, 6) is 0.0726. The predicted molar refractivity (Wildman–Crippen MR) is 67.2 cm³/mol. The van der Waals surface area contributed by atoms with E-state index in [0.29, 0.717) is 0 Å². The van der Waals surface area contributed by atoms with Crippen LogP contribution in [-0.4, -0.2) is 6.29 Å². The first-order valence-corrected chi connectivity index (χ1v) is 5.65. The molecule has 0 fully saturated rings. The zero-order valence-electron chi connectivity index (χ0n) is 7.95. The van der Waals surface area contributed by atoms with Crippen LogP contribution >= 0.6 is 22.6 Å². The number of allylic oxidation sites excluding steroid dienone is 1. The highest BCUT2D eigenvalue weighted by Crippen LogP contribution is 2.16. The average Bonchev–Trinajstić information content (AvgIpc) is 2.20. The van der Waals surface area contributed by atoms with Crippen molar-refractivity contribution in [3.63, 3.8) is 0 Å². The van der Waals surface area contributed by atoms with Gasteiger partial charge in [-0.25, -0.2) is 0 Å². The monoisotopic (exact) mass is 300 g/mol. The quantitative estimate of drug-likeness (QED) is 0.463. The molecule has 14 heavy (non-hydrogen) atoms. The SMILES string of the molecule is C=CCC(C=O)Cc1ccccc1I. The Morgan fingerprint density at radius 2 is 2.14 bits per heavy atom. The first kappa shape index (κ1) is 11.4. The molecule has 1 unspecified atom stereocenters. The van der Waals surface area contributed by atoms with Gasteiger partial charge in [-0.15, -0.1) is 6.58 Å². The Morgan fingerprint density at radius 1 is 1.43 bits per heavy atom. The second-order valence-corrected chi connectivity index (χ2v) is 4.38.